The van der Waals surface area contributed by atoms with Crippen LogP contribution in [0.3, 0.4) is 0 Å². The second kappa shape index (κ2) is 10.5. The SMILES string of the molecule is CNS(=O)(=O)c1cccc(CNC(=O)CCc2ccc(OCC(F)(F)F)c(OC)c2)c1. The van der Waals surface area contributed by atoms with Crippen molar-refractivity contribution >= 4 is 15.9 Å². The fraction of sp³-hybridized carbons (Fsp3) is 0.350. The monoisotopic (exact) mass is 460 g/mol. The number of methoxy groups -OCH3 is 1. The number of hydrogen-bond acceptors (Lipinski definition) is 5. The molecule has 0 bridgehead atoms. The van der Waals surface area contributed by atoms with E-state index in [9.17, 15) is 26.4 Å². The molecule has 1 amide bonds. The van der Waals surface area contributed by atoms with E-state index in [0.717, 1.165) is 0 Å². The molecule has 0 unspecified atom stereocenters. The molecule has 2 N–H and O–H groups in total. The van der Waals surface area contributed by atoms with Gasteiger partial charge in [-0.3, -0.25) is 4.79 Å². The van der Waals surface area contributed by atoms with Crippen LogP contribution in [-0.2, 0) is 27.8 Å². The number of sulfonamides is 1. The highest BCUT2D eigenvalue weighted by atomic mass is 32.2. The Morgan fingerprint density at radius 2 is 1.81 bits per heavy atom. The van der Waals surface area contributed by atoms with Gasteiger partial charge in [0.25, 0.3) is 0 Å². The number of carbonyl (C=O) groups excluding carboxylic acids is 1. The maximum atomic E-state index is 12.3. The largest absolute Gasteiger partial charge is 0.493 e. The first-order chi connectivity index (χ1) is 14.5. The van der Waals surface area contributed by atoms with E-state index in [2.05, 4.69) is 10.0 Å². The van der Waals surface area contributed by atoms with Gasteiger partial charge in [0.2, 0.25) is 15.9 Å². The van der Waals surface area contributed by atoms with Gasteiger partial charge in [0.1, 0.15) is 0 Å². The average Bonchev–Trinajstić information content (AvgIpc) is 2.74. The minimum Gasteiger partial charge on any atom is -0.493 e. The standard InChI is InChI=1S/C20H23F3N2O5S/c1-24-31(27,28)16-5-3-4-15(10-16)12-25-19(26)9-7-14-6-8-17(18(11-14)29-2)30-13-20(21,22)23/h3-6,8,10-11,24H,7,9,12-13H2,1-2H3,(H,25,26). The first-order valence-corrected chi connectivity index (χ1v) is 10.7. The van der Waals surface area contributed by atoms with Crippen LogP contribution in [0.5, 0.6) is 11.5 Å². The lowest BCUT2D eigenvalue weighted by Crippen LogP contribution is -2.23. The minimum atomic E-state index is -4.46. The Kier molecular flexibility index (Phi) is 8.28. The van der Waals surface area contributed by atoms with Gasteiger partial charge in [-0.2, -0.15) is 13.2 Å². The molecule has 0 aliphatic heterocycles. The van der Waals surface area contributed by atoms with Gasteiger partial charge in [0, 0.05) is 13.0 Å². The van der Waals surface area contributed by atoms with Crippen molar-refractivity contribution in [3.8, 4) is 11.5 Å². The number of aryl methyl sites for hydroxylation is 1. The molecule has 0 saturated carbocycles. The molecule has 0 atom stereocenters. The number of ether oxygens (including phenoxy) is 2. The zero-order valence-electron chi connectivity index (χ0n) is 17.0. The Balaban J connectivity index is 1.91. The maximum absolute atomic E-state index is 12.3. The van der Waals surface area contributed by atoms with Crippen molar-refractivity contribution in [1.29, 1.82) is 0 Å². The summed E-state index contributed by atoms with van der Waals surface area (Å²) in [6, 6.07) is 10.6. The molecule has 0 aromatic heterocycles. The summed E-state index contributed by atoms with van der Waals surface area (Å²) in [4.78, 5) is 12.2. The summed E-state index contributed by atoms with van der Waals surface area (Å²) in [5.74, 6) is -0.160. The van der Waals surface area contributed by atoms with E-state index < -0.39 is 22.8 Å². The molecule has 0 heterocycles. The first-order valence-electron chi connectivity index (χ1n) is 9.19. The smallest absolute Gasteiger partial charge is 0.422 e. The van der Waals surface area contributed by atoms with Gasteiger partial charge >= 0.3 is 6.18 Å². The summed E-state index contributed by atoms with van der Waals surface area (Å²) in [5.41, 5.74) is 1.31. The number of carbonyl (C=O) groups is 1. The highest BCUT2D eigenvalue weighted by molar-refractivity contribution is 7.89. The van der Waals surface area contributed by atoms with Crippen molar-refractivity contribution in [2.45, 2.75) is 30.5 Å². The van der Waals surface area contributed by atoms with E-state index in [1.54, 1.807) is 18.2 Å². The second-order valence-corrected chi connectivity index (χ2v) is 8.41. The predicted molar refractivity (Wildman–Crippen MR) is 107 cm³/mol. The summed E-state index contributed by atoms with van der Waals surface area (Å²) in [6.07, 6.45) is -4.01. The van der Waals surface area contributed by atoms with Crippen LogP contribution in [-0.4, -0.2) is 41.3 Å². The number of benzene rings is 2. The minimum absolute atomic E-state index is 0.0376. The van der Waals surface area contributed by atoms with Crippen molar-refractivity contribution in [2.24, 2.45) is 0 Å². The molecule has 0 aliphatic carbocycles. The molecule has 0 radical (unpaired) electrons. The van der Waals surface area contributed by atoms with Crippen LogP contribution >= 0.6 is 0 Å². The van der Waals surface area contributed by atoms with Crippen LogP contribution in [0.25, 0.3) is 0 Å². The highest BCUT2D eigenvalue weighted by Crippen LogP contribution is 2.30. The molecular formula is C20H23F3N2O5S. The van der Waals surface area contributed by atoms with Gasteiger partial charge in [-0.05, 0) is 48.9 Å². The summed E-state index contributed by atoms with van der Waals surface area (Å²) in [6.45, 7) is -1.28. The number of alkyl halides is 3. The molecule has 0 aliphatic rings. The maximum Gasteiger partial charge on any atom is 0.422 e. The van der Waals surface area contributed by atoms with E-state index in [1.807, 2.05) is 0 Å². The lowest BCUT2D eigenvalue weighted by molar-refractivity contribution is -0.153. The quantitative estimate of drug-likeness (QED) is 0.569. The molecular weight excluding hydrogens is 437 g/mol. The van der Waals surface area contributed by atoms with Crippen LogP contribution in [0.2, 0.25) is 0 Å². The molecule has 7 nitrogen and oxygen atoms in total. The average molecular weight is 460 g/mol. The number of rotatable bonds is 10. The Morgan fingerprint density at radius 1 is 1.06 bits per heavy atom. The molecule has 170 valence electrons. The van der Waals surface area contributed by atoms with Crippen molar-refractivity contribution in [2.75, 3.05) is 20.8 Å². The van der Waals surface area contributed by atoms with Crippen LogP contribution in [0.4, 0.5) is 13.2 Å². The van der Waals surface area contributed by atoms with E-state index in [-0.39, 0.29) is 35.3 Å². The first kappa shape index (κ1) is 24.5. The van der Waals surface area contributed by atoms with Crippen LogP contribution in [0, 0.1) is 0 Å². The number of amides is 1. The van der Waals surface area contributed by atoms with E-state index >= 15 is 0 Å². The lowest BCUT2D eigenvalue weighted by atomic mass is 10.1. The normalized spacial score (nSPS) is 11.8. The van der Waals surface area contributed by atoms with Crippen LogP contribution < -0.4 is 19.5 Å². The second-order valence-electron chi connectivity index (χ2n) is 6.52. The van der Waals surface area contributed by atoms with Gasteiger partial charge < -0.3 is 14.8 Å². The fourth-order valence-corrected chi connectivity index (χ4v) is 3.43. The number of hydrogen-bond donors (Lipinski definition) is 2. The third kappa shape index (κ3) is 7.76. The molecule has 0 fully saturated rings. The molecule has 0 saturated heterocycles. The van der Waals surface area contributed by atoms with E-state index in [4.69, 9.17) is 9.47 Å². The van der Waals surface area contributed by atoms with Crippen molar-refractivity contribution in [1.82, 2.24) is 10.0 Å². The number of nitrogens with one attached hydrogen (secondary N) is 2. The molecule has 0 spiro atoms. The third-order valence-corrected chi connectivity index (χ3v) is 5.64. The topological polar surface area (TPSA) is 93.7 Å². The van der Waals surface area contributed by atoms with Crippen molar-refractivity contribution in [3.05, 3.63) is 53.6 Å². The molecule has 2 aromatic rings. The molecule has 2 rings (SSSR count). The summed E-state index contributed by atoms with van der Waals surface area (Å²) in [5, 5.41) is 2.71. The Morgan fingerprint density at radius 3 is 2.45 bits per heavy atom. The zero-order chi connectivity index (χ0) is 23.1. The highest BCUT2D eigenvalue weighted by Gasteiger charge is 2.29. The Bertz CT molecular complexity index is 1010. The lowest BCUT2D eigenvalue weighted by Gasteiger charge is -2.13. The summed E-state index contributed by atoms with van der Waals surface area (Å²) >= 11 is 0. The van der Waals surface area contributed by atoms with Crippen LogP contribution in [0.1, 0.15) is 17.5 Å². The van der Waals surface area contributed by atoms with Crippen molar-refractivity contribution < 1.29 is 35.9 Å². The summed E-state index contributed by atoms with van der Waals surface area (Å²) < 4.78 is 72.7. The van der Waals surface area contributed by atoms with Gasteiger partial charge in [0.15, 0.2) is 18.1 Å². The van der Waals surface area contributed by atoms with Gasteiger partial charge in [-0.15, -0.1) is 0 Å². The Hall–Kier alpha value is -2.79. The van der Waals surface area contributed by atoms with Gasteiger partial charge in [-0.1, -0.05) is 18.2 Å². The molecule has 2 aromatic carbocycles. The fourth-order valence-electron chi connectivity index (χ4n) is 2.63. The van der Waals surface area contributed by atoms with E-state index in [1.165, 1.54) is 38.4 Å². The summed E-state index contributed by atoms with van der Waals surface area (Å²) in [7, 11) is -0.948. The van der Waals surface area contributed by atoms with Crippen LogP contribution in [0.15, 0.2) is 47.4 Å². The van der Waals surface area contributed by atoms with Crippen molar-refractivity contribution in [3.63, 3.8) is 0 Å². The molecule has 31 heavy (non-hydrogen) atoms. The number of halogens is 3. The van der Waals surface area contributed by atoms with Gasteiger partial charge in [-0.25, -0.2) is 13.1 Å². The zero-order valence-corrected chi connectivity index (χ0v) is 17.8. The Labute approximate surface area is 178 Å². The molecule has 11 heteroatoms. The van der Waals surface area contributed by atoms with Gasteiger partial charge in [0.05, 0.1) is 12.0 Å². The third-order valence-electron chi connectivity index (χ3n) is 4.23. The van der Waals surface area contributed by atoms with E-state index in [0.29, 0.717) is 17.5 Å². The predicted octanol–water partition coefficient (Wildman–Crippen LogP) is 2.79.